The molecule has 2 N–H and O–H groups in total. The molecule has 0 spiro atoms. The summed E-state index contributed by atoms with van der Waals surface area (Å²) >= 11 is 0. The Morgan fingerprint density at radius 1 is 1.32 bits per heavy atom. The van der Waals surface area contributed by atoms with E-state index in [4.69, 9.17) is 4.42 Å². The maximum atomic E-state index is 11.7. The summed E-state index contributed by atoms with van der Waals surface area (Å²) in [5, 5.41) is 13.8. The van der Waals surface area contributed by atoms with Gasteiger partial charge in [0.05, 0.1) is 11.4 Å². The van der Waals surface area contributed by atoms with Crippen molar-refractivity contribution in [3.63, 3.8) is 0 Å². The van der Waals surface area contributed by atoms with Gasteiger partial charge in [0.15, 0.2) is 0 Å². The van der Waals surface area contributed by atoms with Gasteiger partial charge in [-0.2, -0.15) is 5.10 Å². The fourth-order valence-electron chi connectivity index (χ4n) is 1.65. The second kappa shape index (κ2) is 5.39. The fraction of sp³-hybridized carbons (Fsp3) is 0.143. The van der Waals surface area contributed by atoms with E-state index in [1.54, 1.807) is 13.8 Å². The van der Waals surface area contributed by atoms with Crippen molar-refractivity contribution in [2.24, 2.45) is 5.10 Å². The van der Waals surface area contributed by atoms with Gasteiger partial charge in [0.25, 0.3) is 0 Å². The number of anilines is 1. The molecule has 5 nitrogen and oxygen atoms in total. The number of aromatic hydroxyl groups is 1. The van der Waals surface area contributed by atoms with E-state index < -0.39 is 5.63 Å². The zero-order valence-electron chi connectivity index (χ0n) is 10.7. The lowest BCUT2D eigenvalue weighted by molar-refractivity contribution is 0.432. The van der Waals surface area contributed by atoms with E-state index in [9.17, 15) is 9.90 Å². The van der Waals surface area contributed by atoms with Crippen molar-refractivity contribution in [3.05, 3.63) is 58.1 Å². The molecule has 0 aliphatic carbocycles. The van der Waals surface area contributed by atoms with Crippen LogP contribution in [0.5, 0.6) is 5.75 Å². The maximum Gasteiger partial charge on any atom is 0.348 e. The van der Waals surface area contributed by atoms with Crippen LogP contribution in [0.3, 0.4) is 0 Å². The van der Waals surface area contributed by atoms with Gasteiger partial charge in [-0.05, 0) is 26.0 Å². The number of rotatable bonds is 3. The van der Waals surface area contributed by atoms with Crippen LogP contribution >= 0.6 is 0 Å². The van der Waals surface area contributed by atoms with Crippen LogP contribution in [0, 0.1) is 6.92 Å². The number of aryl methyl sites for hydroxylation is 1. The van der Waals surface area contributed by atoms with Crippen molar-refractivity contribution >= 4 is 11.4 Å². The summed E-state index contributed by atoms with van der Waals surface area (Å²) in [5.74, 6) is 0.222. The van der Waals surface area contributed by atoms with Gasteiger partial charge in [-0.1, -0.05) is 18.2 Å². The minimum Gasteiger partial charge on any atom is -0.507 e. The van der Waals surface area contributed by atoms with Gasteiger partial charge < -0.3 is 9.52 Å². The number of nitrogens with zero attached hydrogens (tertiary/aromatic N) is 1. The molecule has 2 rings (SSSR count). The monoisotopic (exact) mass is 258 g/mol. The van der Waals surface area contributed by atoms with Crippen molar-refractivity contribution in [3.8, 4) is 5.75 Å². The van der Waals surface area contributed by atoms with Crippen LogP contribution < -0.4 is 11.1 Å². The first-order valence-electron chi connectivity index (χ1n) is 5.77. The van der Waals surface area contributed by atoms with Crippen molar-refractivity contribution in [2.75, 3.05) is 5.43 Å². The molecule has 19 heavy (non-hydrogen) atoms. The Morgan fingerprint density at radius 3 is 2.63 bits per heavy atom. The first-order chi connectivity index (χ1) is 9.08. The van der Waals surface area contributed by atoms with E-state index >= 15 is 0 Å². The summed E-state index contributed by atoms with van der Waals surface area (Å²) in [5.41, 5.74) is 3.42. The van der Waals surface area contributed by atoms with Crippen LogP contribution in [0.15, 0.2) is 50.7 Å². The summed E-state index contributed by atoms with van der Waals surface area (Å²) in [6.45, 7) is 3.22. The molecule has 0 bridgehead atoms. The first kappa shape index (κ1) is 12.9. The van der Waals surface area contributed by atoms with Crippen molar-refractivity contribution in [1.29, 1.82) is 0 Å². The largest absolute Gasteiger partial charge is 0.507 e. The lowest BCUT2D eigenvalue weighted by Crippen LogP contribution is -2.14. The van der Waals surface area contributed by atoms with E-state index in [1.807, 2.05) is 30.3 Å². The number of hydrogen-bond donors (Lipinski definition) is 2. The molecule has 0 atom stereocenters. The van der Waals surface area contributed by atoms with Gasteiger partial charge in [0, 0.05) is 6.07 Å². The van der Waals surface area contributed by atoms with Gasteiger partial charge in [0.1, 0.15) is 17.1 Å². The molecule has 1 aromatic carbocycles. The summed E-state index contributed by atoms with van der Waals surface area (Å²) < 4.78 is 4.94. The molecule has 1 heterocycles. The van der Waals surface area contributed by atoms with Gasteiger partial charge in [-0.3, -0.25) is 5.43 Å². The third-order valence-electron chi connectivity index (χ3n) is 2.54. The molecule has 0 unspecified atom stereocenters. The Bertz CT molecular complexity index is 660. The summed E-state index contributed by atoms with van der Waals surface area (Å²) in [7, 11) is 0. The summed E-state index contributed by atoms with van der Waals surface area (Å²) in [6, 6.07) is 10.7. The Hall–Kier alpha value is -2.56. The zero-order valence-corrected chi connectivity index (χ0v) is 10.7. The second-order valence-corrected chi connectivity index (χ2v) is 4.08. The lowest BCUT2D eigenvalue weighted by Gasteiger charge is -2.04. The second-order valence-electron chi connectivity index (χ2n) is 4.08. The van der Waals surface area contributed by atoms with Crippen LogP contribution in [0.4, 0.5) is 5.69 Å². The molecule has 98 valence electrons. The fourth-order valence-corrected chi connectivity index (χ4v) is 1.65. The van der Waals surface area contributed by atoms with Gasteiger partial charge in [-0.25, -0.2) is 4.79 Å². The Labute approximate surface area is 110 Å². The van der Waals surface area contributed by atoms with E-state index in [2.05, 4.69) is 10.5 Å². The molecule has 0 aliphatic heterocycles. The highest BCUT2D eigenvalue weighted by atomic mass is 16.4. The van der Waals surface area contributed by atoms with Crippen molar-refractivity contribution in [1.82, 2.24) is 0 Å². The molecule has 2 aromatic rings. The summed E-state index contributed by atoms with van der Waals surface area (Å²) in [6.07, 6.45) is 0. The van der Waals surface area contributed by atoms with Crippen LogP contribution in [0.25, 0.3) is 0 Å². The Morgan fingerprint density at radius 2 is 2.00 bits per heavy atom. The Kier molecular flexibility index (Phi) is 3.66. The third kappa shape index (κ3) is 3.01. The molecule has 5 heteroatoms. The molecule has 0 aliphatic rings. The van der Waals surface area contributed by atoms with Crippen molar-refractivity contribution < 1.29 is 9.52 Å². The highest BCUT2D eigenvalue weighted by Crippen LogP contribution is 2.15. The number of hydrazone groups is 1. The molecule has 0 radical (unpaired) electrons. The van der Waals surface area contributed by atoms with Crippen LogP contribution in [-0.4, -0.2) is 10.8 Å². The van der Waals surface area contributed by atoms with E-state index in [-0.39, 0.29) is 11.3 Å². The number of hydrogen-bond acceptors (Lipinski definition) is 5. The number of para-hydroxylation sites is 1. The molecule has 0 saturated heterocycles. The predicted molar refractivity (Wildman–Crippen MR) is 73.7 cm³/mol. The van der Waals surface area contributed by atoms with Gasteiger partial charge >= 0.3 is 5.63 Å². The smallest absolute Gasteiger partial charge is 0.348 e. The standard InChI is InChI=1S/C14H14N2O3/c1-9-8-12(17)13(14(18)19-9)10(2)15-16-11-6-4-3-5-7-11/h3-8,16-17H,1-2H3/b15-10-. The molecule has 0 amide bonds. The van der Waals surface area contributed by atoms with Gasteiger partial charge in [0.2, 0.25) is 0 Å². The molecular formula is C14H14N2O3. The number of benzene rings is 1. The topological polar surface area (TPSA) is 74.8 Å². The minimum atomic E-state index is -0.603. The first-order valence-corrected chi connectivity index (χ1v) is 5.77. The SMILES string of the molecule is C/C(=N/Nc1ccccc1)c1c(O)cc(C)oc1=O. The Balaban J connectivity index is 2.30. The van der Waals surface area contributed by atoms with E-state index in [0.717, 1.165) is 5.69 Å². The average molecular weight is 258 g/mol. The van der Waals surface area contributed by atoms with E-state index in [1.165, 1.54) is 6.07 Å². The van der Waals surface area contributed by atoms with Crippen LogP contribution in [-0.2, 0) is 0 Å². The molecule has 0 fully saturated rings. The zero-order chi connectivity index (χ0) is 13.8. The highest BCUT2D eigenvalue weighted by molar-refractivity contribution is 6.00. The maximum absolute atomic E-state index is 11.7. The quantitative estimate of drug-likeness (QED) is 0.655. The normalized spacial score (nSPS) is 11.4. The van der Waals surface area contributed by atoms with Gasteiger partial charge in [-0.15, -0.1) is 0 Å². The highest BCUT2D eigenvalue weighted by Gasteiger charge is 2.12. The van der Waals surface area contributed by atoms with Crippen molar-refractivity contribution in [2.45, 2.75) is 13.8 Å². The minimum absolute atomic E-state index is 0.0639. The van der Waals surface area contributed by atoms with Crippen LogP contribution in [0.2, 0.25) is 0 Å². The molecular weight excluding hydrogens is 244 g/mol. The predicted octanol–water partition coefficient (Wildman–Crippen LogP) is 2.49. The third-order valence-corrected chi connectivity index (χ3v) is 2.54. The van der Waals surface area contributed by atoms with E-state index in [0.29, 0.717) is 11.5 Å². The molecule has 1 aromatic heterocycles. The average Bonchev–Trinajstić information content (AvgIpc) is 2.36. The molecule has 0 saturated carbocycles. The number of nitrogens with one attached hydrogen (secondary N) is 1. The van der Waals surface area contributed by atoms with Crippen LogP contribution in [0.1, 0.15) is 18.2 Å². The lowest BCUT2D eigenvalue weighted by atomic mass is 10.2. The summed E-state index contributed by atoms with van der Waals surface area (Å²) in [4.78, 5) is 11.7.